The molecule has 0 aliphatic carbocycles. The first-order valence-electron chi connectivity index (χ1n) is 7.84. The molecule has 0 atom stereocenters. The summed E-state index contributed by atoms with van der Waals surface area (Å²) in [5.41, 5.74) is 7.08. The van der Waals surface area contributed by atoms with Crippen molar-refractivity contribution in [2.75, 3.05) is 0 Å². The molecule has 6 heteroatoms. The van der Waals surface area contributed by atoms with Gasteiger partial charge in [0.2, 0.25) is 0 Å². The SMILES string of the molecule is Fc1ccc(C2=Nc3ccc(Br)cc3C(c3ccc(Cl)cc3)=NN2)cc1. The quantitative estimate of drug-likeness (QED) is 0.560. The lowest BCUT2D eigenvalue weighted by atomic mass is 10.0. The summed E-state index contributed by atoms with van der Waals surface area (Å²) in [6.07, 6.45) is 0. The van der Waals surface area contributed by atoms with E-state index in [9.17, 15) is 4.39 Å². The summed E-state index contributed by atoms with van der Waals surface area (Å²) in [6, 6.07) is 19.4. The van der Waals surface area contributed by atoms with E-state index in [1.165, 1.54) is 12.1 Å². The number of benzene rings is 3. The van der Waals surface area contributed by atoms with Crippen molar-refractivity contribution in [2.24, 2.45) is 10.1 Å². The Morgan fingerprint density at radius 1 is 0.885 bits per heavy atom. The second kappa shape index (κ2) is 7.02. The maximum absolute atomic E-state index is 13.2. The third-order valence-electron chi connectivity index (χ3n) is 3.95. The summed E-state index contributed by atoms with van der Waals surface area (Å²) in [5.74, 6) is 0.259. The van der Waals surface area contributed by atoms with Crippen LogP contribution in [-0.4, -0.2) is 11.5 Å². The fourth-order valence-electron chi connectivity index (χ4n) is 2.67. The largest absolute Gasteiger partial charge is 0.260 e. The number of nitrogens with zero attached hydrogens (tertiary/aromatic N) is 2. The zero-order valence-electron chi connectivity index (χ0n) is 13.4. The first kappa shape index (κ1) is 16.9. The minimum Gasteiger partial charge on any atom is -0.260 e. The van der Waals surface area contributed by atoms with E-state index in [-0.39, 0.29) is 5.82 Å². The summed E-state index contributed by atoms with van der Waals surface area (Å²) >= 11 is 9.52. The van der Waals surface area contributed by atoms with Crippen molar-refractivity contribution in [3.05, 3.63) is 98.7 Å². The van der Waals surface area contributed by atoms with Crippen LogP contribution in [0.1, 0.15) is 16.7 Å². The molecule has 26 heavy (non-hydrogen) atoms. The molecule has 0 saturated heterocycles. The molecule has 1 aliphatic rings. The Morgan fingerprint density at radius 3 is 2.31 bits per heavy atom. The van der Waals surface area contributed by atoms with Gasteiger partial charge in [0.1, 0.15) is 11.5 Å². The molecule has 3 nitrogen and oxygen atoms in total. The predicted octanol–water partition coefficient (Wildman–Crippen LogP) is 5.68. The minimum absolute atomic E-state index is 0.294. The van der Waals surface area contributed by atoms with Gasteiger partial charge in [0.15, 0.2) is 5.84 Å². The topological polar surface area (TPSA) is 36.8 Å². The van der Waals surface area contributed by atoms with Gasteiger partial charge in [0.25, 0.3) is 0 Å². The average Bonchev–Trinajstić information content (AvgIpc) is 2.83. The minimum atomic E-state index is -0.294. The molecule has 1 heterocycles. The van der Waals surface area contributed by atoms with E-state index < -0.39 is 0 Å². The number of hydrogen-bond donors (Lipinski definition) is 1. The molecule has 0 bridgehead atoms. The van der Waals surface area contributed by atoms with E-state index in [4.69, 9.17) is 16.6 Å². The highest BCUT2D eigenvalue weighted by Gasteiger charge is 2.17. The van der Waals surface area contributed by atoms with Crippen LogP contribution < -0.4 is 5.43 Å². The second-order valence-corrected chi connectivity index (χ2v) is 7.06. The molecule has 0 radical (unpaired) electrons. The number of amidine groups is 1. The molecule has 3 aromatic rings. The molecular formula is C20H12BrClFN3. The number of rotatable bonds is 2. The van der Waals surface area contributed by atoms with Crippen molar-refractivity contribution in [1.29, 1.82) is 0 Å². The molecule has 0 saturated carbocycles. The first-order valence-corrected chi connectivity index (χ1v) is 9.01. The molecule has 3 aromatic carbocycles. The summed E-state index contributed by atoms with van der Waals surface area (Å²) in [7, 11) is 0. The molecule has 1 N–H and O–H groups in total. The zero-order valence-corrected chi connectivity index (χ0v) is 15.7. The number of nitrogens with one attached hydrogen (secondary N) is 1. The molecule has 0 spiro atoms. The Balaban J connectivity index is 1.85. The van der Waals surface area contributed by atoms with Crippen LogP contribution in [-0.2, 0) is 0 Å². The summed E-state index contributed by atoms with van der Waals surface area (Å²) in [5, 5.41) is 5.22. The number of aliphatic imine (C=N–C) groups is 1. The van der Waals surface area contributed by atoms with Gasteiger partial charge in [0, 0.05) is 26.2 Å². The van der Waals surface area contributed by atoms with Crippen LogP contribution in [0.4, 0.5) is 10.1 Å². The van der Waals surface area contributed by atoms with Crippen molar-refractivity contribution in [2.45, 2.75) is 0 Å². The van der Waals surface area contributed by atoms with Crippen LogP contribution in [0.5, 0.6) is 0 Å². The summed E-state index contributed by atoms with van der Waals surface area (Å²) in [4.78, 5) is 4.70. The molecule has 128 valence electrons. The highest BCUT2D eigenvalue weighted by Crippen LogP contribution is 2.29. The van der Waals surface area contributed by atoms with Gasteiger partial charge in [-0.2, -0.15) is 5.10 Å². The Labute approximate surface area is 163 Å². The normalized spacial score (nSPS) is 13.2. The van der Waals surface area contributed by atoms with Gasteiger partial charge >= 0.3 is 0 Å². The molecule has 0 fully saturated rings. The van der Waals surface area contributed by atoms with Crippen molar-refractivity contribution in [1.82, 2.24) is 5.43 Å². The van der Waals surface area contributed by atoms with Gasteiger partial charge in [-0.15, -0.1) is 0 Å². The third kappa shape index (κ3) is 3.41. The maximum atomic E-state index is 13.2. The predicted molar refractivity (Wildman–Crippen MR) is 107 cm³/mol. The first-order chi connectivity index (χ1) is 12.6. The fraction of sp³-hybridized carbons (Fsp3) is 0. The highest BCUT2D eigenvalue weighted by molar-refractivity contribution is 9.10. The van der Waals surface area contributed by atoms with E-state index in [1.807, 2.05) is 42.5 Å². The van der Waals surface area contributed by atoms with E-state index in [0.29, 0.717) is 10.9 Å². The molecule has 4 rings (SSSR count). The summed E-state index contributed by atoms with van der Waals surface area (Å²) < 4.78 is 14.2. The van der Waals surface area contributed by atoms with E-state index in [2.05, 4.69) is 26.5 Å². The Hall–Kier alpha value is -2.50. The molecule has 1 aliphatic heterocycles. The van der Waals surface area contributed by atoms with Crippen molar-refractivity contribution in [3.8, 4) is 0 Å². The number of hydrazone groups is 1. The number of halogens is 3. The van der Waals surface area contributed by atoms with E-state index >= 15 is 0 Å². The Morgan fingerprint density at radius 2 is 1.58 bits per heavy atom. The molecule has 0 amide bonds. The fourth-order valence-corrected chi connectivity index (χ4v) is 3.16. The molecule has 0 unspecified atom stereocenters. The van der Waals surface area contributed by atoms with Crippen molar-refractivity contribution < 1.29 is 4.39 Å². The Kier molecular flexibility index (Phi) is 4.57. The standard InChI is InChI=1S/C20H12BrClFN3/c21-14-5-10-18-17(11-14)19(12-1-6-15(22)7-2-12)25-26-20(24-18)13-3-8-16(23)9-4-13/h1-11H,(H,24,26). The lowest BCUT2D eigenvalue weighted by Crippen LogP contribution is -2.19. The third-order valence-corrected chi connectivity index (χ3v) is 4.70. The van der Waals surface area contributed by atoms with Crippen LogP contribution in [0.2, 0.25) is 5.02 Å². The second-order valence-electron chi connectivity index (χ2n) is 5.71. The number of fused-ring (bicyclic) bond motifs is 1. The van der Waals surface area contributed by atoms with Gasteiger partial charge in [-0.1, -0.05) is 39.7 Å². The Bertz CT molecular complexity index is 1030. The summed E-state index contributed by atoms with van der Waals surface area (Å²) in [6.45, 7) is 0. The van der Waals surface area contributed by atoms with Gasteiger partial charge in [-0.05, 0) is 54.6 Å². The van der Waals surface area contributed by atoms with E-state index in [1.54, 1.807) is 12.1 Å². The average molecular weight is 429 g/mol. The van der Waals surface area contributed by atoms with Crippen LogP contribution in [0.15, 0.2) is 81.3 Å². The number of hydrogen-bond acceptors (Lipinski definition) is 3. The van der Waals surface area contributed by atoms with Crippen LogP contribution >= 0.6 is 27.5 Å². The maximum Gasteiger partial charge on any atom is 0.154 e. The van der Waals surface area contributed by atoms with E-state index in [0.717, 1.165) is 32.6 Å². The van der Waals surface area contributed by atoms with Gasteiger partial charge in [0.05, 0.1) is 5.69 Å². The van der Waals surface area contributed by atoms with Crippen LogP contribution in [0, 0.1) is 5.82 Å². The molecule has 0 aromatic heterocycles. The lowest BCUT2D eigenvalue weighted by Gasteiger charge is -2.08. The van der Waals surface area contributed by atoms with Crippen molar-refractivity contribution >= 4 is 44.8 Å². The smallest absolute Gasteiger partial charge is 0.154 e. The van der Waals surface area contributed by atoms with Crippen LogP contribution in [0.25, 0.3) is 0 Å². The highest BCUT2D eigenvalue weighted by atomic mass is 79.9. The monoisotopic (exact) mass is 427 g/mol. The van der Waals surface area contributed by atoms with Gasteiger partial charge < -0.3 is 0 Å². The van der Waals surface area contributed by atoms with Gasteiger partial charge in [-0.3, -0.25) is 5.43 Å². The van der Waals surface area contributed by atoms with Gasteiger partial charge in [-0.25, -0.2) is 9.38 Å². The molecular weight excluding hydrogens is 417 g/mol. The zero-order chi connectivity index (χ0) is 18.1. The van der Waals surface area contributed by atoms with Crippen LogP contribution in [0.3, 0.4) is 0 Å². The lowest BCUT2D eigenvalue weighted by molar-refractivity contribution is 0.627. The van der Waals surface area contributed by atoms with Crippen molar-refractivity contribution in [3.63, 3.8) is 0 Å².